The maximum atomic E-state index is 13.1. The molecule has 1 unspecified atom stereocenters. The molecule has 0 aliphatic carbocycles. The van der Waals surface area contributed by atoms with Crippen molar-refractivity contribution in [3.8, 4) is 5.75 Å². The van der Waals surface area contributed by atoms with Crippen LogP contribution >= 0.6 is 0 Å². The third kappa shape index (κ3) is 5.57. The van der Waals surface area contributed by atoms with Crippen LogP contribution in [-0.4, -0.2) is 30.8 Å². The lowest BCUT2D eigenvalue weighted by molar-refractivity contribution is 0.223. The number of hydrogen-bond acceptors (Lipinski definition) is 4. The van der Waals surface area contributed by atoms with Crippen molar-refractivity contribution in [1.29, 1.82) is 0 Å². The van der Waals surface area contributed by atoms with Crippen LogP contribution in [0.1, 0.15) is 25.3 Å². The van der Waals surface area contributed by atoms with Gasteiger partial charge in [-0.15, -0.1) is 0 Å². The minimum atomic E-state index is -0.316. The quantitative estimate of drug-likeness (QED) is 0.601. The predicted molar refractivity (Wildman–Crippen MR) is 90.6 cm³/mol. The molecule has 6 nitrogen and oxygen atoms in total. The van der Waals surface area contributed by atoms with Gasteiger partial charge in [0.2, 0.25) is 0 Å². The van der Waals surface area contributed by atoms with Crippen molar-refractivity contribution in [2.75, 3.05) is 13.6 Å². The summed E-state index contributed by atoms with van der Waals surface area (Å²) in [7, 11) is 1.69. The maximum absolute atomic E-state index is 13.1. The Morgan fingerprint density at radius 3 is 2.88 bits per heavy atom. The number of halogens is 1. The van der Waals surface area contributed by atoms with E-state index in [4.69, 9.17) is 9.26 Å². The van der Waals surface area contributed by atoms with Gasteiger partial charge >= 0.3 is 0 Å². The van der Waals surface area contributed by atoms with Gasteiger partial charge in [0.15, 0.2) is 11.7 Å². The van der Waals surface area contributed by atoms with Crippen LogP contribution in [0.5, 0.6) is 5.75 Å². The van der Waals surface area contributed by atoms with Crippen molar-refractivity contribution in [2.45, 2.75) is 32.9 Å². The molecule has 130 valence electrons. The van der Waals surface area contributed by atoms with Crippen molar-refractivity contribution >= 4 is 5.96 Å². The summed E-state index contributed by atoms with van der Waals surface area (Å²) < 4.78 is 24.0. The van der Waals surface area contributed by atoms with Gasteiger partial charge in [-0.25, -0.2) is 4.39 Å². The molecule has 24 heavy (non-hydrogen) atoms. The van der Waals surface area contributed by atoms with E-state index in [0.29, 0.717) is 24.8 Å². The monoisotopic (exact) mass is 334 g/mol. The summed E-state index contributed by atoms with van der Waals surface area (Å²) in [6, 6.07) is 8.00. The molecule has 0 radical (unpaired) electrons. The second-order valence-electron chi connectivity index (χ2n) is 5.33. The number of nitrogens with one attached hydrogen (secondary N) is 2. The largest absolute Gasteiger partial charge is 0.489 e. The van der Waals surface area contributed by atoms with Crippen molar-refractivity contribution in [1.82, 2.24) is 15.8 Å². The topological polar surface area (TPSA) is 71.7 Å². The highest BCUT2D eigenvalue weighted by molar-refractivity contribution is 5.79. The molecule has 0 spiro atoms. The van der Waals surface area contributed by atoms with Crippen LogP contribution in [0, 0.1) is 5.82 Å². The zero-order chi connectivity index (χ0) is 17.4. The number of nitrogens with zero attached hydrogens (tertiary/aromatic N) is 2. The van der Waals surface area contributed by atoms with Gasteiger partial charge in [-0.05, 0) is 25.5 Å². The Bertz CT molecular complexity index is 672. The van der Waals surface area contributed by atoms with Gasteiger partial charge in [0.1, 0.15) is 17.7 Å². The van der Waals surface area contributed by atoms with Crippen LogP contribution < -0.4 is 15.4 Å². The molecule has 0 amide bonds. The van der Waals surface area contributed by atoms with Crippen LogP contribution in [0.15, 0.2) is 39.8 Å². The molecule has 0 aliphatic heterocycles. The highest BCUT2D eigenvalue weighted by Gasteiger charge is 2.08. The van der Waals surface area contributed by atoms with Crippen molar-refractivity contribution < 1.29 is 13.7 Å². The Kier molecular flexibility index (Phi) is 6.60. The zero-order valence-electron chi connectivity index (χ0n) is 14.2. The van der Waals surface area contributed by atoms with Crippen LogP contribution in [0.2, 0.25) is 0 Å². The average molecular weight is 334 g/mol. The first-order valence-corrected chi connectivity index (χ1v) is 7.92. The van der Waals surface area contributed by atoms with Gasteiger partial charge < -0.3 is 19.9 Å². The van der Waals surface area contributed by atoms with E-state index in [9.17, 15) is 4.39 Å². The fourth-order valence-corrected chi connectivity index (χ4v) is 2.05. The minimum absolute atomic E-state index is 0.151. The fraction of sp³-hybridized carbons (Fsp3) is 0.412. The Morgan fingerprint density at radius 1 is 1.38 bits per heavy atom. The third-order valence-corrected chi connectivity index (χ3v) is 3.31. The number of aliphatic imine (C=N–C) groups is 1. The van der Waals surface area contributed by atoms with E-state index < -0.39 is 0 Å². The van der Waals surface area contributed by atoms with E-state index in [1.807, 2.05) is 19.9 Å². The van der Waals surface area contributed by atoms with Gasteiger partial charge in [0, 0.05) is 19.2 Å². The number of rotatable bonds is 7. The molecular weight excluding hydrogens is 311 g/mol. The van der Waals surface area contributed by atoms with Crippen molar-refractivity contribution in [3.63, 3.8) is 0 Å². The van der Waals surface area contributed by atoms with E-state index in [2.05, 4.69) is 20.8 Å². The molecular formula is C17H23FN4O2. The molecule has 7 heteroatoms. The summed E-state index contributed by atoms with van der Waals surface area (Å²) in [4.78, 5) is 4.14. The number of ether oxygens (including phenoxy) is 1. The molecule has 2 N–H and O–H groups in total. The van der Waals surface area contributed by atoms with Crippen molar-refractivity contribution in [2.24, 2.45) is 4.99 Å². The predicted octanol–water partition coefficient (Wildman–Crippen LogP) is 2.51. The molecule has 0 fully saturated rings. The van der Waals surface area contributed by atoms with E-state index >= 15 is 0 Å². The minimum Gasteiger partial charge on any atom is -0.489 e. The average Bonchev–Trinajstić information content (AvgIpc) is 3.03. The normalized spacial score (nSPS) is 12.8. The van der Waals surface area contributed by atoms with Crippen LogP contribution in [0.25, 0.3) is 0 Å². The lowest BCUT2D eigenvalue weighted by atomic mass is 10.3. The summed E-state index contributed by atoms with van der Waals surface area (Å²) in [5.41, 5.74) is 0.923. The smallest absolute Gasteiger partial charge is 0.191 e. The molecule has 2 aromatic rings. The molecule has 1 aromatic carbocycles. The van der Waals surface area contributed by atoms with Gasteiger partial charge in [-0.3, -0.25) is 4.99 Å². The first kappa shape index (κ1) is 17.8. The molecule has 0 saturated heterocycles. The Balaban J connectivity index is 1.76. The number of aryl methyl sites for hydroxylation is 1. The lowest BCUT2D eigenvalue weighted by Crippen LogP contribution is -2.41. The molecule has 1 aromatic heterocycles. The third-order valence-electron chi connectivity index (χ3n) is 3.31. The van der Waals surface area contributed by atoms with E-state index in [1.165, 1.54) is 12.1 Å². The summed E-state index contributed by atoms with van der Waals surface area (Å²) in [6.07, 6.45) is 0.688. The molecule has 1 atom stereocenters. The second-order valence-corrected chi connectivity index (χ2v) is 5.33. The Hall–Kier alpha value is -2.57. The second kappa shape index (κ2) is 8.90. The van der Waals surface area contributed by atoms with Gasteiger partial charge in [-0.1, -0.05) is 18.1 Å². The maximum Gasteiger partial charge on any atom is 0.191 e. The highest BCUT2D eigenvalue weighted by atomic mass is 19.1. The lowest BCUT2D eigenvalue weighted by Gasteiger charge is -2.17. The number of benzene rings is 1. The number of aromatic nitrogens is 1. The molecule has 0 bridgehead atoms. The van der Waals surface area contributed by atoms with E-state index in [1.54, 1.807) is 19.2 Å². The highest BCUT2D eigenvalue weighted by Crippen LogP contribution is 2.13. The first-order valence-electron chi connectivity index (χ1n) is 7.92. The zero-order valence-corrected chi connectivity index (χ0v) is 14.2. The summed E-state index contributed by atoms with van der Waals surface area (Å²) in [5.74, 6) is 1.56. The fourth-order valence-electron chi connectivity index (χ4n) is 2.05. The van der Waals surface area contributed by atoms with E-state index in [-0.39, 0.29) is 11.9 Å². The standard InChI is InChI=1S/C17H23FN4O2/c1-4-14-9-16(24-22-14)11-21-17(19-3)20-10-12(2)23-15-7-5-6-13(18)8-15/h5-9,12H,4,10-11H2,1-3H3,(H2,19,20,21). The van der Waals surface area contributed by atoms with Crippen LogP contribution in [0.4, 0.5) is 4.39 Å². The van der Waals surface area contributed by atoms with Gasteiger partial charge in [-0.2, -0.15) is 0 Å². The Morgan fingerprint density at radius 2 is 2.21 bits per heavy atom. The summed E-state index contributed by atoms with van der Waals surface area (Å²) >= 11 is 0. The summed E-state index contributed by atoms with van der Waals surface area (Å²) in [5, 5.41) is 10.2. The Labute approximate surface area is 141 Å². The first-order chi connectivity index (χ1) is 11.6. The van der Waals surface area contributed by atoms with Crippen LogP contribution in [0.3, 0.4) is 0 Å². The van der Waals surface area contributed by atoms with Crippen LogP contribution in [-0.2, 0) is 13.0 Å². The van der Waals surface area contributed by atoms with Gasteiger partial charge in [0.25, 0.3) is 0 Å². The number of guanidine groups is 1. The molecule has 1 heterocycles. The molecule has 0 aliphatic rings. The van der Waals surface area contributed by atoms with Gasteiger partial charge in [0.05, 0.1) is 18.8 Å². The SMILES string of the molecule is CCc1cc(CNC(=NC)NCC(C)Oc2cccc(F)c2)on1. The summed E-state index contributed by atoms with van der Waals surface area (Å²) in [6.45, 7) is 4.93. The molecule has 2 rings (SSSR count). The van der Waals surface area contributed by atoms with Crippen molar-refractivity contribution in [3.05, 3.63) is 47.6 Å². The van der Waals surface area contributed by atoms with E-state index in [0.717, 1.165) is 17.9 Å². The molecule has 0 saturated carbocycles. The number of hydrogen-bond donors (Lipinski definition) is 2.